The van der Waals surface area contributed by atoms with Gasteiger partial charge in [0.1, 0.15) is 12.4 Å². The average Bonchev–Trinajstić information content (AvgIpc) is 2.36. The van der Waals surface area contributed by atoms with Crippen LogP contribution in [0.1, 0.15) is 36.0 Å². The van der Waals surface area contributed by atoms with Gasteiger partial charge < -0.3 is 15.2 Å². The Kier molecular flexibility index (Phi) is 5.21. The molecule has 1 aliphatic carbocycles. The largest absolute Gasteiger partial charge is 0.492 e. The Labute approximate surface area is 113 Å². The van der Waals surface area contributed by atoms with Crippen molar-refractivity contribution in [2.24, 2.45) is 5.92 Å². The number of nitrogens with one attached hydrogen (secondary N) is 1. The predicted molar refractivity (Wildman–Crippen MR) is 73.7 cm³/mol. The lowest BCUT2D eigenvalue weighted by Gasteiger charge is -2.25. The van der Waals surface area contributed by atoms with E-state index in [1.165, 1.54) is 25.7 Å². The van der Waals surface area contributed by atoms with Gasteiger partial charge in [-0.25, -0.2) is 4.79 Å². The van der Waals surface area contributed by atoms with Gasteiger partial charge >= 0.3 is 5.97 Å². The van der Waals surface area contributed by atoms with Crippen LogP contribution in [0.15, 0.2) is 24.3 Å². The van der Waals surface area contributed by atoms with Gasteiger partial charge in [-0.15, -0.1) is 0 Å². The van der Waals surface area contributed by atoms with Gasteiger partial charge in [-0.3, -0.25) is 0 Å². The molecule has 1 fully saturated rings. The van der Waals surface area contributed by atoms with Crippen molar-refractivity contribution >= 4 is 5.97 Å². The van der Waals surface area contributed by atoms with E-state index in [9.17, 15) is 4.79 Å². The second-order valence-electron chi connectivity index (χ2n) is 5.02. The lowest BCUT2D eigenvalue weighted by molar-refractivity contribution is 0.0696. The number of benzene rings is 1. The smallest absolute Gasteiger partial charge is 0.335 e. The fourth-order valence-electron chi connectivity index (χ4n) is 2.17. The summed E-state index contributed by atoms with van der Waals surface area (Å²) in [7, 11) is 0. The third-order valence-electron chi connectivity index (χ3n) is 3.58. The highest BCUT2D eigenvalue weighted by Gasteiger charge is 2.15. The molecule has 0 saturated heterocycles. The van der Waals surface area contributed by atoms with Crippen molar-refractivity contribution in [3.05, 3.63) is 29.8 Å². The minimum absolute atomic E-state index is 0.260. The van der Waals surface area contributed by atoms with E-state index in [1.54, 1.807) is 24.3 Å². The zero-order chi connectivity index (χ0) is 13.5. The van der Waals surface area contributed by atoms with Crippen molar-refractivity contribution in [3.8, 4) is 5.75 Å². The minimum atomic E-state index is -0.927. The van der Waals surface area contributed by atoms with E-state index in [0.29, 0.717) is 12.4 Å². The number of aromatic carboxylic acids is 1. The SMILES string of the molecule is O=C(O)c1cccc(OCCNCCC2CCC2)c1. The highest BCUT2D eigenvalue weighted by Crippen LogP contribution is 2.28. The molecule has 0 spiro atoms. The first kappa shape index (κ1) is 13.9. The molecule has 0 radical (unpaired) electrons. The minimum Gasteiger partial charge on any atom is -0.492 e. The summed E-state index contributed by atoms with van der Waals surface area (Å²) < 4.78 is 5.52. The van der Waals surface area contributed by atoms with Crippen LogP contribution in [-0.4, -0.2) is 30.8 Å². The van der Waals surface area contributed by atoms with E-state index in [4.69, 9.17) is 9.84 Å². The van der Waals surface area contributed by atoms with E-state index in [2.05, 4.69) is 5.32 Å². The van der Waals surface area contributed by atoms with Gasteiger partial charge in [-0.1, -0.05) is 25.3 Å². The highest BCUT2D eigenvalue weighted by molar-refractivity contribution is 5.87. The van der Waals surface area contributed by atoms with Gasteiger partial charge in [-0.05, 0) is 37.1 Å². The molecule has 4 heteroatoms. The Hall–Kier alpha value is -1.55. The lowest BCUT2D eigenvalue weighted by Crippen LogP contribution is -2.25. The van der Waals surface area contributed by atoms with Gasteiger partial charge in [0.2, 0.25) is 0 Å². The van der Waals surface area contributed by atoms with E-state index in [1.807, 2.05) is 0 Å². The quantitative estimate of drug-likeness (QED) is 0.708. The van der Waals surface area contributed by atoms with Crippen molar-refractivity contribution < 1.29 is 14.6 Å². The van der Waals surface area contributed by atoms with Crippen LogP contribution in [0.3, 0.4) is 0 Å². The molecule has 1 aliphatic rings. The number of carboxylic acids is 1. The molecule has 0 atom stereocenters. The third kappa shape index (κ3) is 4.56. The van der Waals surface area contributed by atoms with Crippen molar-refractivity contribution in [2.75, 3.05) is 19.7 Å². The van der Waals surface area contributed by atoms with E-state index in [-0.39, 0.29) is 5.56 Å². The van der Waals surface area contributed by atoms with Crippen molar-refractivity contribution in [1.82, 2.24) is 5.32 Å². The molecular weight excluding hydrogens is 242 g/mol. The summed E-state index contributed by atoms with van der Waals surface area (Å²) in [6.07, 6.45) is 5.43. The normalized spacial score (nSPS) is 14.9. The highest BCUT2D eigenvalue weighted by atomic mass is 16.5. The molecule has 19 heavy (non-hydrogen) atoms. The van der Waals surface area contributed by atoms with Crippen LogP contribution in [0.5, 0.6) is 5.75 Å². The Morgan fingerprint density at radius 2 is 2.21 bits per heavy atom. The van der Waals surface area contributed by atoms with Crippen LogP contribution in [0, 0.1) is 5.92 Å². The van der Waals surface area contributed by atoms with Crippen LogP contribution in [-0.2, 0) is 0 Å². The number of carboxylic acid groups (broad SMARTS) is 1. The number of carbonyl (C=O) groups is 1. The zero-order valence-electron chi connectivity index (χ0n) is 11.1. The average molecular weight is 263 g/mol. The summed E-state index contributed by atoms with van der Waals surface area (Å²) in [5.41, 5.74) is 0.260. The van der Waals surface area contributed by atoms with E-state index < -0.39 is 5.97 Å². The standard InChI is InChI=1S/C15H21NO3/c17-15(18)13-5-2-6-14(11-13)19-10-9-16-8-7-12-3-1-4-12/h2,5-6,11-12,16H,1,3-4,7-10H2,(H,17,18). The van der Waals surface area contributed by atoms with E-state index >= 15 is 0 Å². The second kappa shape index (κ2) is 7.14. The van der Waals surface area contributed by atoms with Crippen molar-refractivity contribution in [3.63, 3.8) is 0 Å². The van der Waals surface area contributed by atoms with E-state index in [0.717, 1.165) is 19.0 Å². The van der Waals surface area contributed by atoms with Gasteiger partial charge in [0.25, 0.3) is 0 Å². The maximum Gasteiger partial charge on any atom is 0.335 e. The van der Waals surface area contributed by atoms with Crippen molar-refractivity contribution in [2.45, 2.75) is 25.7 Å². The predicted octanol–water partition coefficient (Wildman–Crippen LogP) is 2.54. The molecule has 1 aromatic carbocycles. The summed E-state index contributed by atoms with van der Waals surface area (Å²) in [6, 6.07) is 6.59. The Morgan fingerprint density at radius 1 is 1.37 bits per heavy atom. The summed E-state index contributed by atoms with van der Waals surface area (Å²) >= 11 is 0. The fraction of sp³-hybridized carbons (Fsp3) is 0.533. The number of hydrogen-bond donors (Lipinski definition) is 2. The molecule has 4 nitrogen and oxygen atoms in total. The Morgan fingerprint density at radius 3 is 2.89 bits per heavy atom. The second-order valence-corrected chi connectivity index (χ2v) is 5.02. The van der Waals surface area contributed by atoms with Gasteiger partial charge in [0.15, 0.2) is 0 Å². The summed E-state index contributed by atoms with van der Waals surface area (Å²) in [5, 5.41) is 12.2. The molecule has 0 unspecified atom stereocenters. The first-order valence-corrected chi connectivity index (χ1v) is 6.92. The van der Waals surface area contributed by atoms with Crippen LogP contribution < -0.4 is 10.1 Å². The number of ether oxygens (including phenoxy) is 1. The third-order valence-corrected chi connectivity index (χ3v) is 3.58. The Balaban J connectivity index is 1.59. The first-order valence-electron chi connectivity index (χ1n) is 6.92. The van der Waals surface area contributed by atoms with Gasteiger partial charge in [-0.2, -0.15) is 0 Å². The molecule has 1 aromatic rings. The van der Waals surface area contributed by atoms with Gasteiger partial charge in [0, 0.05) is 6.54 Å². The summed E-state index contributed by atoms with van der Waals surface area (Å²) in [4.78, 5) is 10.8. The molecule has 0 heterocycles. The maximum absolute atomic E-state index is 10.8. The summed E-state index contributed by atoms with van der Waals surface area (Å²) in [6.45, 7) is 2.40. The van der Waals surface area contributed by atoms with Crippen LogP contribution in [0.25, 0.3) is 0 Å². The number of rotatable bonds is 8. The van der Waals surface area contributed by atoms with Crippen LogP contribution >= 0.6 is 0 Å². The van der Waals surface area contributed by atoms with Crippen molar-refractivity contribution in [1.29, 1.82) is 0 Å². The Bertz CT molecular complexity index is 416. The first-order chi connectivity index (χ1) is 9.25. The molecule has 2 N–H and O–H groups in total. The zero-order valence-corrected chi connectivity index (χ0v) is 11.1. The topological polar surface area (TPSA) is 58.6 Å². The van der Waals surface area contributed by atoms with Crippen LogP contribution in [0.4, 0.5) is 0 Å². The fourth-order valence-corrected chi connectivity index (χ4v) is 2.17. The number of hydrogen-bond acceptors (Lipinski definition) is 3. The molecule has 0 aromatic heterocycles. The molecule has 0 aliphatic heterocycles. The van der Waals surface area contributed by atoms with Gasteiger partial charge in [0.05, 0.1) is 5.56 Å². The monoisotopic (exact) mass is 263 g/mol. The lowest BCUT2D eigenvalue weighted by atomic mass is 9.83. The molecule has 2 rings (SSSR count). The maximum atomic E-state index is 10.8. The molecule has 0 amide bonds. The summed E-state index contributed by atoms with van der Waals surface area (Å²) in [5.74, 6) is 0.616. The van der Waals surface area contributed by atoms with Crippen LogP contribution in [0.2, 0.25) is 0 Å². The molecule has 104 valence electrons. The molecular formula is C15H21NO3. The molecule has 1 saturated carbocycles. The molecule has 0 bridgehead atoms.